The average Bonchev–Trinajstić information content (AvgIpc) is 3.07. The van der Waals surface area contributed by atoms with Crippen LogP contribution in [0.15, 0.2) is 59.6 Å². The van der Waals surface area contributed by atoms with Crippen molar-refractivity contribution in [3.63, 3.8) is 0 Å². The van der Waals surface area contributed by atoms with Gasteiger partial charge >= 0.3 is 5.97 Å². The number of hydrogen-bond acceptors (Lipinski definition) is 4. The van der Waals surface area contributed by atoms with E-state index < -0.39 is 15.8 Å². The van der Waals surface area contributed by atoms with Gasteiger partial charge in [0.25, 0.3) is 0 Å². The molecule has 2 aromatic carbocycles. The van der Waals surface area contributed by atoms with Gasteiger partial charge in [-0.3, -0.25) is 4.68 Å². The predicted molar refractivity (Wildman–Crippen MR) is 102 cm³/mol. The van der Waals surface area contributed by atoms with Crippen LogP contribution in [-0.2, 0) is 29.1 Å². The summed E-state index contributed by atoms with van der Waals surface area (Å²) in [4.78, 5) is 12.3. The Morgan fingerprint density at radius 1 is 1.07 bits per heavy atom. The summed E-state index contributed by atoms with van der Waals surface area (Å²) in [6.07, 6.45) is 2.21. The minimum Gasteiger partial charge on any atom is -0.478 e. The molecule has 0 bridgehead atoms. The Balaban J connectivity index is 2.20. The van der Waals surface area contributed by atoms with E-state index in [1.54, 1.807) is 54.3 Å². The van der Waals surface area contributed by atoms with Crippen LogP contribution >= 0.6 is 0 Å². The summed E-state index contributed by atoms with van der Waals surface area (Å²) in [5.74, 6) is -1.53. The third-order valence-electron chi connectivity index (χ3n) is 4.50. The molecule has 0 unspecified atom stereocenters. The second-order valence-corrected chi connectivity index (χ2v) is 8.19. The summed E-state index contributed by atoms with van der Waals surface area (Å²) in [5, 5.41) is 14.0. The zero-order valence-electron chi connectivity index (χ0n) is 15.1. The Morgan fingerprint density at radius 3 is 2.30 bits per heavy atom. The van der Waals surface area contributed by atoms with Gasteiger partial charge in [-0.25, -0.2) is 13.2 Å². The number of benzene rings is 2. The van der Waals surface area contributed by atoms with Gasteiger partial charge in [0.2, 0.25) is 0 Å². The van der Waals surface area contributed by atoms with Gasteiger partial charge in [-0.15, -0.1) is 0 Å². The molecule has 7 heteroatoms. The van der Waals surface area contributed by atoms with Gasteiger partial charge < -0.3 is 5.11 Å². The summed E-state index contributed by atoms with van der Waals surface area (Å²) in [6, 6.07) is 13.2. The monoisotopic (exact) mass is 384 g/mol. The molecule has 0 aliphatic carbocycles. The first-order chi connectivity index (χ1) is 12.8. The highest BCUT2D eigenvalue weighted by Gasteiger charge is 2.25. The molecule has 1 heterocycles. The number of aromatic carboxylic acids is 1. The molecule has 0 radical (unpaired) electrons. The Labute approximate surface area is 158 Å². The zero-order valence-corrected chi connectivity index (χ0v) is 15.9. The highest BCUT2D eigenvalue weighted by atomic mass is 32.2. The first-order valence-electron chi connectivity index (χ1n) is 8.49. The number of nitrogens with zero attached hydrogens (tertiary/aromatic N) is 2. The minimum absolute atomic E-state index is 0.0115. The van der Waals surface area contributed by atoms with Crippen LogP contribution in [0.4, 0.5) is 0 Å². The number of carboxylic acids is 1. The summed E-state index contributed by atoms with van der Waals surface area (Å²) in [7, 11) is -1.94. The maximum atomic E-state index is 12.8. The summed E-state index contributed by atoms with van der Waals surface area (Å²) in [6.45, 7) is 1.93. The van der Waals surface area contributed by atoms with Crippen molar-refractivity contribution in [1.29, 1.82) is 0 Å². The van der Waals surface area contributed by atoms with Gasteiger partial charge in [0.05, 0.1) is 21.9 Å². The zero-order chi connectivity index (χ0) is 19.6. The van der Waals surface area contributed by atoms with Crippen molar-refractivity contribution in [2.45, 2.75) is 24.0 Å². The first-order valence-corrected chi connectivity index (χ1v) is 10.1. The molecule has 3 rings (SSSR count). The minimum atomic E-state index is -3.67. The van der Waals surface area contributed by atoms with E-state index in [-0.39, 0.29) is 21.8 Å². The maximum Gasteiger partial charge on any atom is 0.336 e. The van der Waals surface area contributed by atoms with Crippen molar-refractivity contribution >= 4 is 15.8 Å². The summed E-state index contributed by atoms with van der Waals surface area (Å²) < 4.78 is 27.2. The molecule has 0 aliphatic rings. The average molecular weight is 384 g/mol. The van der Waals surface area contributed by atoms with E-state index in [0.717, 1.165) is 5.56 Å². The molecule has 27 heavy (non-hydrogen) atoms. The molecule has 6 nitrogen and oxygen atoms in total. The van der Waals surface area contributed by atoms with Crippen LogP contribution in [0.3, 0.4) is 0 Å². The van der Waals surface area contributed by atoms with Gasteiger partial charge in [-0.1, -0.05) is 37.3 Å². The van der Waals surface area contributed by atoms with Gasteiger partial charge in [-0.2, -0.15) is 5.10 Å². The summed E-state index contributed by atoms with van der Waals surface area (Å²) >= 11 is 0. The van der Waals surface area contributed by atoms with E-state index in [1.165, 1.54) is 12.1 Å². The molecule has 0 spiro atoms. The van der Waals surface area contributed by atoms with Crippen molar-refractivity contribution in [2.24, 2.45) is 7.05 Å². The molecule has 1 N–H and O–H groups in total. The van der Waals surface area contributed by atoms with Gasteiger partial charge in [-0.05, 0) is 35.7 Å². The molecule has 0 amide bonds. The van der Waals surface area contributed by atoms with Gasteiger partial charge in [0, 0.05) is 18.8 Å². The second kappa shape index (κ2) is 7.36. The number of carbonyl (C=O) groups is 1. The molecule has 0 atom stereocenters. The number of aryl methyl sites for hydroxylation is 2. The molecule has 1 aromatic heterocycles. The van der Waals surface area contributed by atoms with E-state index in [0.29, 0.717) is 17.7 Å². The third kappa shape index (κ3) is 3.64. The lowest BCUT2D eigenvalue weighted by Crippen LogP contribution is -2.13. The fourth-order valence-corrected chi connectivity index (χ4v) is 4.56. The lowest BCUT2D eigenvalue weighted by atomic mass is 9.93. The molecule has 0 saturated carbocycles. The molecule has 0 saturated heterocycles. The fourth-order valence-electron chi connectivity index (χ4n) is 3.18. The molecule has 0 aliphatic heterocycles. The van der Waals surface area contributed by atoms with Crippen LogP contribution in [0.1, 0.15) is 28.4 Å². The Kier molecular flexibility index (Phi) is 5.14. The van der Waals surface area contributed by atoms with Gasteiger partial charge in [0.1, 0.15) is 0 Å². The number of aromatic nitrogens is 2. The smallest absolute Gasteiger partial charge is 0.336 e. The lowest BCUT2D eigenvalue weighted by molar-refractivity contribution is 0.0696. The van der Waals surface area contributed by atoms with Crippen LogP contribution in [0.25, 0.3) is 11.3 Å². The van der Waals surface area contributed by atoms with E-state index in [9.17, 15) is 18.3 Å². The topological polar surface area (TPSA) is 89.3 Å². The predicted octanol–water partition coefficient (Wildman–Crippen LogP) is 3.32. The number of rotatable bonds is 6. The van der Waals surface area contributed by atoms with Crippen molar-refractivity contribution in [2.75, 3.05) is 0 Å². The fraction of sp³-hybridized carbons (Fsp3) is 0.200. The van der Waals surface area contributed by atoms with Crippen LogP contribution in [0.5, 0.6) is 0 Å². The highest BCUT2D eigenvalue weighted by molar-refractivity contribution is 7.90. The molecule has 140 valence electrons. The van der Waals surface area contributed by atoms with E-state index in [4.69, 9.17) is 0 Å². The largest absolute Gasteiger partial charge is 0.478 e. The number of carboxylic acid groups (broad SMARTS) is 1. The molecule has 3 aromatic rings. The SMILES string of the molecule is CCc1ccc(CS(=O)(=O)c2ccccc2)c(C(=O)O)c1-c1ccnn1C. The second-order valence-electron chi connectivity index (χ2n) is 6.20. The van der Waals surface area contributed by atoms with E-state index in [1.807, 2.05) is 6.92 Å². The highest BCUT2D eigenvalue weighted by Crippen LogP contribution is 2.32. The van der Waals surface area contributed by atoms with Crippen LogP contribution in [-0.4, -0.2) is 29.3 Å². The first kappa shape index (κ1) is 18.8. The van der Waals surface area contributed by atoms with Crippen molar-refractivity contribution in [3.8, 4) is 11.3 Å². The standard InChI is InChI=1S/C20H20N2O4S/c1-3-14-9-10-15(13-27(25,26)16-7-5-4-6-8-16)19(20(23)24)18(14)17-11-12-21-22(17)2/h4-12H,3,13H2,1-2H3,(H,23,24). The van der Waals surface area contributed by atoms with Crippen LogP contribution in [0.2, 0.25) is 0 Å². The Hall–Kier alpha value is -2.93. The van der Waals surface area contributed by atoms with Crippen LogP contribution in [0, 0.1) is 0 Å². The van der Waals surface area contributed by atoms with Crippen LogP contribution < -0.4 is 0 Å². The quantitative estimate of drug-likeness (QED) is 0.704. The van der Waals surface area contributed by atoms with E-state index in [2.05, 4.69) is 5.10 Å². The molecular formula is C20H20N2O4S. The summed E-state index contributed by atoms with van der Waals surface area (Å²) in [5.41, 5.74) is 2.27. The maximum absolute atomic E-state index is 12.8. The molecule has 0 fully saturated rings. The third-order valence-corrected chi connectivity index (χ3v) is 6.18. The normalized spacial score (nSPS) is 11.5. The lowest BCUT2D eigenvalue weighted by Gasteiger charge is -2.16. The van der Waals surface area contributed by atoms with Crippen molar-refractivity contribution in [1.82, 2.24) is 9.78 Å². The van der Waals surface area contributed by atoms with Gasteiger partial charge in [0.15, 0.2) is 9.84 Å². The Bertz CT molecular complexity index is 1090. The molecular weight excluding hydrogens is 364 g/mol. The number of sulfone groups is 1. The number of hydrogen-bond donors (Lipinski definition) is 1. The van der Waals surface area contributed by atoms with Crippen molar-refractivity contribution in [3.05, 3.63) is 71.4 Å². The van der Waals surface area contributed by atoms with Crippen molar-refractivity contribution < 1.29 is 18.3 Å². The van der Waals surface area contributed by atoms with E-state index >= 15 is 0 Å². The Morgan fingerprint density at radius 2 is 1.74 bits per heavy atom.